The van der Waals surface area contributed by atoms with Gasteiger partial charge in [0.05, 0.1) is 0 Å². The smallest absolute Gasteiger partial charge is 0.123 e. The third-order valence-corrected chi connectivity index (χ3v) is 9.42. The van der Waals surface area contributed by atoms with Crippen molar-refractivity contribution in [2.45, 2.75) is 20.0 Å². The number of anilines is 1. The lowest BCUT2D eigenvalue weighted by molar-refractivity contribution is 0.718. The Morgan fingerprint density at radius 1 is 0.529 bits per heavy atom. The first-order valence-electron chi connectivity index (χ1n) is 17.5. The Bertz CT molecular complexity index is 2270. The molecule has 0 aliphatic carbocycles. The summed E-state index contributed by atoms with van der Waals surface area (Å²) in [4.78, 5) is 0. The van der Waals surface area contributed by atoms with Crippen molar-refractivity contribution < 1.29 is 0 Å². The number of hydrogen-bond donors (Lipinski definition) is 2. The van der Waals surface area contributed by atoms with Gasteiger partial charge in [-0.3, -0.25) is 0 Å². The Hall–Kier alpha value is -6.38. The summed E-state index contributed by atoms with van der Waals surface area (Å²) in [6, 6.07) is 62.3. The van der Waals surface area contributed by atoms with Crippen molar-refractivity contribution in [3.63, 3.8) is 0 Å². The van der Waals surface area contributed by atoms with Gasteiger partial charge in [-0.05, 0) is 98.8 Å². The lowest BCUT2D eigenvalue weighted by Gasteiger charge is -2.25. The fourth-order valence-electron chi connectivity index (χ4n) is 6.76. The summed E-state index contributed by atoms with van der Waals surface area (Å²) in [7, 11) is 0. The van der Waals surface area contributed by atoms with E-state index in [0.717, 1.165) is 22.5 Å². The first-order chi connectivity index (χ1) is 25.1. The molecule has 0 saturated carbocycles. The van der Waals surface area contributed by atoms with Gasteiger partial charge in [-0.15, -0.1) is 0 Å². The molecule has 0 heterocycles. The van der Waals surface area contributed by atoms with Crippen molar-refractivity contribution in [2.75, 3.05) is 5.32 Å². The fourth-order valence-corrected chi connectivity index (χ4v) is 6.76. The standard InChI is InChI=1S/C49H42N2/c1-4-18-37-27-17-28-44(35(37)2)48-34-43(51-49(41-25-15-8-16-26-41)50-36(3)38-19-9-5-10-20-38)30-32-46(48)42-29-31-45(39-21-11-6-12-22-39)47(33-42)40-23-13-7-14-24-40/h4-34,49-51H,3H2,1-2H3/b18-4-. The number of nitrogens with one attached hydrogen (secondary N) is 2. The first kappa shape index (κ1) is 33.1. The van der Waals surface area contributed by atoms with E-state index in [0.29, 0.717) is 0 Å². The molecule has 7 aromatic carbocycles. The predicted octanol–water partition coefficient (Wildman–Crippen LogP) is 13.1. The van der Waals surface area contributed by atoms with Gasteiger partial charge in [0.25, 0.3) is 0 Å². The SMILES string of the molecule is C=C(NC(Nc1ccc(-c2ccc(-c3ccccc3)c(-c3ccccc3)c2)c(-c2cccc(/C=C\C)c2C)c1)c1ccccc1)c1ccccc1. The second kappa shape index (κ2) is 15.4. The molecule has 2 nitrogen and oxygen atoms in total. The molecule has 0 aliphatic heterocycles. The highest BCUT2D eigenvalue weighted by molar-refractivity contribution is 5.92. The van der Waals surface area contributed by atoms with E-state index in [1.807, 2.05) is 24.3 Å². The van der Waals surface area contributed by atoms with Crippen molar-refractivity contribution in [3.05, 3.63) is 211 Å². The van der Waals surface area contributed by atoms with Crippen LogP contribution in [0.1, 0.15) is 35.3 Å². The molecule has 248 valence electrons. The normalized spacial score (nSPS) is 11.6. The molecule has 2 N–H and O–H groups in total. The summed E-state index contributed by atoms with van der Waals surface area (Å²) < 4.78 is 0. The second-order valence-electron chi connectivity index (χ2n) is 12.7. The molecule has 0 aliphatic rings. The van der Waals surface area contributed by atoms with Crippen molar-refractivity contribution in [1.29, 1.82) is 0 Å². The summed E-state index contributed by atoms with van der Waals surface area (Å²) >= 11 is 0. The van der Waals surface area contributed by atoms with Crippen LogP contribution in [0, 0.1) is 6.92 Å². The Morgan fingerprint density at radius 2 is 1.12 bits per heavy atom. The van der Waals surface area contributed by atoms with Gasteiger partial charge in [-0.1, -0.05) is 176 Å². The quantitative estimate of drug-likeness (QED) is 0.135. The molecule has 0 bridgehead atoms. The number of hydrogen-bond acceptors (Lipinski definition) is 2. The molecule has 51 heavy (non-hydrogen) atoms. The van der Waals surface area contributed by atoms with Crippen LogP contribution in [0.3, 0.4) is 0 Å². The maximum Gasteiger partial charge on any atom is 0.123 e. The molecule has 0 saturated heterocycles. The fraction of sp³-hybridized carbons (Fsp3) is 0.0612. The minimum atomic E-state index is -0.206. The Morgan fingerprint density at radius 3 is 1.78 bits per heavy atom. The maximum absolute atomic E-state index is 4.39. The van der Waals surface area contributed by atoms with Crippen LogP contribution in [0.5, 0.6) is 0 Å². The highest BCUT2D eigenvalue weighted by atomic mass is 15.1. The topological polar surface area (TPSA) is 24.1 Å². The summed E-state index contributed by atoms with van der Waals surface area (Å²) in [6.45, 7) is 8.69. The van der Waals surface area contributed by atoms with Crippen LogP contribution < -0.4 is 10.6 Å². The number of allylic oxidation sites excluding steroid dienone is 1. The molecule has 1 atom stereocenters. The van der Waals surface area contributed by atoms with Crippen molar-refractivity contribution in [2.24, 2.45) is 0 Å². The minimum absolute atomic E-state index is 0.206. The maximum atomic E-state index is 4.39. The molecule has 0 spiro atoms. The summed E-state index contributed by atoms with van der Waals surface area (Å²) in [5.41, 5.74) is 16.0. The minimum Gasteiger partial charge on any atom is -0.362 e. The lowest BCUT2D eigenvalue weighted by atomic mass is 9.87. The van der Waals surface area contributed by atoms with Gasteiger partial charge < -0.3 is 10.6 Å². The van der Waals surface area contributed by atoms with Gasteiger partial charge >= 0.3 is 0 Å². The third kappa shape index (κ3) is 7.46. The van der Waals surface area contributed by atoms with Gasteiger partial charge in [-0.25, -0.2) is 0 Å². The van der Waals surface area contributed by atoms with E-state index in [1.54, 1.807) is 0 Å². The van der Waals surface area contributed by atoms with Crippen molar-refractivity contribution >= 4 is 17.5 Å². The van der Waals surface area contributed by atoms with Crippen LogP contribution in [-0.2, 0) is 0 Å². The molecule has 0 radical (unpaired) electrons. The molecular weight excluding hydrogens is 617 g/mol. The summed E-state index contributed by atoms with van der Waals surface area (Å²) in [5, 5.41) is 7.50. The van der Waals surface area contributed by atoms with Crippen molar-refractivity contribution in [3.8, 4) is 44.5 Å². The molecule has 1 unspecified atom stereocenters. The van der Waals surface area contributed by atoms with Crippen LogP contribution in [0.4, 0.5) is 5.69 Å². The highest BCUT2D eigenvalue weighted by Gasteiger charge is 2.18. The van der Waals surface area contributed by atoms with Crippen LogP contribution in [0.2, 0.25) is 0 Å². The van der Waals surface area contributed by atoms with Gasteiger partial charge in [-0.2, -0.15) is 0 Å². The Balaban J connectivity index is 1.36. The highest BCUT2D eigenvalue weighted by Crippen LogP contribution is 2.41. The molecular formula is C49H42N2. The number of rotatable bonds is 11. The zero-order chi connectivity index (χ0) is 35.0. The zero-order valence-electron chi connectivity index (χ0n) is 29.2. The molecule has 2 heteroatoms. The first-order valence-corrected chi connectivity index (χ1v) is 17.5. The van der Waals surface area contributed by atoms with E-state index in [2.05, 4.69) is 195 Å². The molecule has 0 aromatic heterocycles. The zero-order valence-corrected chi connectivity index (χ0v) is 29.2. The van der Waals surface area contributed by atoms with E-state index < -0.39 is 0 Å². The average Bonchev–Trinajstić information content (AvgIpc) is 3.19. The van der Waals surface area contributed by atoms with E-state index >= 15 is 0 Å². The van der Waals surface area contributed by atoms with Crippen LogP contribution >= 0.6 is 0 Å². The monoisotopic (exact) mass is 658 g/mol. The molecule has 0 fully saturated rings. The third-order valence-electron chi connectivity index (χ3n) is 9.42. The second-order valence-corrected chi connectivity index (χ2v) is 12.7. The van der Waals surface area contributed by atoms with E-state index in [1.165, 1.54) is 55.6 Å². The summed E-state index contributed by atoms with van der Waals surface area (Å²) in [6.07, 6.45) is 4.09. The predicted molar refractivity (Wildman–Crippen MR) is 219 cm³/mol. The molecule has 7 rings (SSSR count). The summed E-state index contributed by atoms with van der Waals surface area (Å²) in [5.74, 6) is 0. The van der Waals surface area contributed by atoms with E-state index in [9.17, 15) is 0 Å². The Kier molecular flexibility index (Phi) is 10.0. The van der Waals surface area contributed by atoms with Crippen LogP contribution in [0.25, 0.3) is 56.3 Å². The van der Waals surface area contributed by atoms with Gasteiger partial charge in [0, 0.05) is 11.4 Å². The average molecular weight is 659 g/mol. The molecule has 0 amide bonds. The van der Waals surface area contributed by atoms with E-state index in [-0.39, 0.29) is 6.17 Å². The lowest BCUT2D eigenvalue weighted by Crippen LogP contribution is -2.26. The largest absolute Gasteiger partial charge is 0.362 e. The van der Waals surface area contributed by atoms with Crippen LogP contribution in [0.15, 0.2) is 189 Å². The van der Waals surface area contributed by atoms with Crippen LogP contribution in [-0.4, -0.2) is 0 Å². The number of benzene rings is 7. The molecule has 7 aromatic rings. The van der Waals surface area contributed by atoms with Gasteiger partial charge in [0.2, 0.25) is 0 Å². The Labute approximate surface area is 302 Å². The van der Waals surface area contributed by atoms with Crippen molar-refractivity contribution in [1.82, 2.24) is 5.32 Å². The van der Waals surface area contributed by atoms with Gasteiger partial charge in [0.15, 0.2) is 0 Å². The van der Waals surface area contributed by atoms with Gasteiger partial charge in [0.1, 0.15) is 6.17 Å². The van der Waals surface area contributed by atoms with E-state index in [4.69, 9.17) is 0 Å².